The van der Waals surface area contributed by atoms with Crippen molar-refractivity contribution in [3.63, 3.8) is 0 Å². The molecule has 0 N–H and O–H groups in total. The molecule has 1 rings (SSSR count). The van der Waals surface area contributed by atoms with E-state index in [9.17, 15) is 0 Å². The maximum Gasteiger partial charge on any atom is 0.109 e. The van der Waals surface area contributed by atoms with Gasteiger partial charge in [-0.05, 0) is 11.1 Å². The van der Waals surface area contributed by atoms with Crippen LogP contribution in [-0.4, -0.2) is 139 Å². The lowest BCUT2D eigenvalue weighted by Gasteiger charge is -2.07. The van der Waals surface area contributed by atoms with Crippen LogP contribution in [0.4, 0.5) is 0 Å². The molecule has 292 valence electrons. The van der Waals surface area contributed by atoms with Gasteiger partial charge in [0.05, 0.1) is 19.8 Å². The molecule has 20 nitrogen and oxygen atoms in total. The average molecular weight is 733 g/mol. The van der Waals surface area contributed by atoms with Gasteiger partial charge in [0.2, 0.25) is 0 Å². The SMILES string of the molecule is C=Cc1ccc(COCCOOCCOOCCOOCCOOCCOOCCOOCCOOCCOOCCOOCCOC)cc1. The summed E-state index contributed by atoms with van der Waals surface area (Å²) in [6.07, 6.45) is 1.79. The van der Waals surface area contributed by atoms with E-state index >= 15 is 0 Å². The summed E-state index contributed by atoms with van der Waals surface area (Å²) < 4.78 is 10.3. The maximum absolute atomic E-state index is 5.51. The van der Waals surface area contributed by atoms with E-state index in [1.807, 2.05) is 24.3 Å². The minimum atomic E-state index is 0.129. The van der Waals surface area contributed by atoms with Gasteiger partial charge in [-0.25, -0.2) is 88.0 Å². The van der Waals surface area contributed by atoms with Crippen molar-refractivity contribution in [1.82, 2.24) is 0 Å². The van der Waals surface area contributed by atoms with Crippen LogP contribution < -0.4 is 0 Å². The molecule has 50 heavy (non-hydrogen) atoms. The summed E-state index contributed by atoms with van der Waals surface area (Å²) in [5, 5.41) is 0. The van der Waals surface area contributed by atoms with E-state index in [4.69, 9.17) is 97.5 Å². The molecule has 0 aliphatic heterocycles. The predicted octanol–water partition coefficient (Wildman–Crippen LogP) is 2.03. The van der Waals surface area contributed by atoms with Crippen molar-refractivity contribution in [2.75, 3.05) is 139 Å². The highest BCUT2D eigenvalue weighted by molar-refractivity contribution is 5.47. The summed E-state index contributed by atoms with van der Waals surface area (Å²) in [7, 11) is 1.57. The zero-order valence-corrected chi connectivity index (χ0v) is 28.6. The first-order chi connectivity index (χ1) is 24.9. The first-order valence-corrected chi connectivity index (χ1v) is 15.8. The van der Waals surface area contributed by atoms with Crippen molar-refractivity contribution in [3.8, 4) is 0 Å². The Morgan fingerprint density at radius 2 is 0.600 bits per heavy atom. The summed E-state index contributed by atoms with van der Waals surface area (Å²) in [6, 6.07) is 7.94. The van der Waals surface area contributed by atoms with Gasteiger partial charge in [0.25, 0.3) is 0 Å². The van der Waals surface area contributed by atoms with Crippen LogP contribution in [0.3, 0.4) is 0 Å². The molecular weight excluding hydrogens is 680 g/mol. The van der Waals surface area contributed by atoms with E-state index in [0.717, 1.165) is 11.1 Å². The molecule has 0 heterocycles. The summed E-state index contributed by atoms with van der Waals surface area (Å²) in [5.74, 6) is 0. The number of methoxy groups -OCH3 is 1. The quantitative estimate of drug-likeness (QED) is 0.0540. The molecule has 0 unspecified atom stereocenters. The molecule has 0 saturated heterocycles. The fraction of sp³-hybridized carbons (Fsp3) is 0.733. The van der Waals surface area contributed by atoms with E-state index < -0.39 is 0 Å². The standard InChI is InChI=1S/C30H52O20/c1-3-29-4-6-30(7-5-29)28-32-9-11-34-36-13-15-38-40-17-19-42-44-21-23-46-48-25-27-50-49-26-24-47-45-22-20-43-41-18-16-39-37-14-12-35-33-10-8-31-2/h3-7H,1,8-28H2,2H3. The second-order valence-electron chi connectivity index (χ2n) is 8.79. The van der Waals surface area contributed by atoms with Crippen LogP contribution in [0.25, 0.3) is 6.08 Å². The van der Waals surface area contributed by atoms with Gasteiger partial charge >= 0.3 is 0 Å². The van der Waals surface area contributed by atoms with Gasteiger partial charge < -0.3 is 9.47 Å². The molecule has 0 aliphatic carbocycles. The molecule has 0 aliphatic rings. The molecule has 0 bridgehead atoms. The minimum Gasteiger partial charge on any atom is -0.382 e. The fourth-order valence-corrected chi connectivity index (χ4v) is 2.76. The molecule has 0 fully saturated rings. The lowest BCUT2D eigenvalue weighted by Crippen LogP contribution is -2.13. The van der Waals surface area contributed by atoms with Crippen LogP contribution in [0.2, 0.25) is 0 Å². The minimum absolute atomic E-state index is 0.129. The number of hydrogen-bond acceptors (Lipinski definition) is 20. The molecular formula is C30H52O20. The third-order valence-corrected chi connectivity index (χ3v) is 4.92. The molecule has 0 atom stereocenters. The van der Waals surface area contributed by atoms with Crippen LogP contribution in [0.5, 0.6) is 0 Å². The van der Waals surface area contributed by atoms with Crippen molar-refractivity contribution >= 4 is 6.08 Å². The van der Waals surface area contributed by atoms with Crippen LogP contribution in [0, 0.1) is 0 Å². The molecule has 0 amide bonds. The van der Waals surface area contributed by atoms with Gasteiger partial charge in [0.1, 0.15) is 119 Å². The average Bonchev–Trinajstić information content (AvgIpc) is 3.14. The molecule has 1 aromatic rings. The summed E-state index contributed by atoms with van der Waals surface area (Å²) in [5.41, 5.74) is 2.13. The molecule has 0 aromatic heterocycles. The Morgan fingerprint density at radius 1 is 0.360 bits per heavy atom. The van der Waals surface area contributed by atoms with Crippen molar-refractivity contribution in [2.45, 2.75) is 6.61 Å². The molecule has 0 saturated carbocycles. The van der Waals surface area contributed by atoms with Crippen molar-refractivity contribution in [3.05, 3.63) is 42.0 Å². The lowest BCUT2D eigenvalue weighted by molar-refractivity contribution is -0.378. The number of hydrogen-bond donors (Lipinski definition) is 0. The highest BCUT2D eigenvalue weighted by Crippen LogP contribution is 2.06. The van der Waals surface area contributed by atoms with E-state index in [1.165, 1.54) is 0 Å². The predicted molar refractivity (Wildman–Crippen MR) is 165 cm³/mol. The monoisotopic (exact) mass is 732 g/mol. The van der Waals surface area contributed by atoms with E-state index in [0.29, 0.717) is 33.0 Å². The highest BCUT2D eigenvalue weighted by atomic mass is 17.3. The molecule has 0 spiro atoms. The highest BCUT2D eigenvalue weighted by Gasteiger charge is 1.99. The Bertz CT molecular complexity index is 807. The first-order valence-electron chi connectivity index (χ1n) is 15.8. The summed E-state index contributed by atoms with van der Waals surface area (Å²) >= 11 is 0. The van der Waals surface area contributed by atoms with Gasteiger partial charge in [-0.3, -0.25) is 0 Å². The normalized spacial score (nSPS) is 11.5. The lowest BCUT2D eigenvalue weighted by atomic mass is 10.1. The number of ether oxygens (including phenoxy) is 2. The second-order valence-corrected chi connectivity index (χ2v) is 8.79. The van der Waals surface area contributed by atoms with Crippen molar-refractivity contribution < 1.29 is 97.5 Å². The maximum atomic E-state index is 5.51. The van der Waals surface area contributed by atoms with Crippen LogP contribution in [0.15, 0.2) is 30.8 Å². The number of benzene rings is 1. The largest absolute Gasteiger partial charge is 0.382 e. The van der Waals surface area contributed by atoms with Crippen molar-refractivity contribution in [1.29, 1.82) is 0 Å². The topological polar surface area (TPSA) is 185 Å². The van der Waals surface area contributed by atoms with Crippen LogP contribution in [0.1, 0.15) is 11.1 Å². The Kier molecular flexibility index (Phi) is 36.9. The van der Waals surface area contributed by atoms with E-state index in [1.54, 1.807) is 13.2 Å². The van der Waals surface area contributed by atoms with Gasteiger partial charge in [0.15, 0.2) is 0 Å². The second kappa shape index (κ2) is 39.9. The Labute approximate surface area is 291 Å². The Balaban J connectivity index is 1.62. The van der Waals surface area contributed by atoms with E-state index in [-0.39, 0.29) is 106 Å². The van der Waals surface area contributed by atoms with Crippen LogP contribution >= 0.6 is 0 Å². The van der Waals surface area contributed by atoms with Crippen LogP contribution in [-0.2, 0) is 104 Å². The smallest absolute Gasteiger partial charge is 0.109 e. The number of rotatable bonds is 42. The summed E-state index contributed by atoms with van der Waals surface area (Å²) in [4.78, 5) is 88.0. The Hall–Kier alpha value is -1.84. The fourth-order valence-electron chi connectivity index (χ4n) is 2.76. The summed E-state index contributed by atoms with van der Waals surface area (Å²) in [6.45, 7) is 8.13. The van der Waals surface area contributed by atoms with Gasteiger partial charge in [-0.2, -0.15) is 0 Å². The zero-order chi connectivity index (χ0) is 35.7. The third-order valence-electron chi connectivity index (χ3n) is 4.92. The van der Waals surface area contributed by atoms with Gasteiger partial charge in [-0.15, -0.1) is 0 Å². The van der Waals surface area contributed by atoms with E-state index in [2.05, 4.69) is 6.58 Å². The Morgan fingerprint density at radius 3 is 0.840 bits per heavy atom. The third kappa shape index (κ3) is 34.6. The molecule has 0 radical (unpaired) electrons. The van der Waals surface area contributed by atoms with Crippen molar-refractivity contribution in [2.24, 2.45) is 0 Å². The zero-order valence-electron chi connectivity index (χ0n) is 28.6. The molecule has 1 aromatic carbocycles. The molecule has 20 heteroatoms. The first kappa shape index (κ1) is 46.2. The van der Waals surface area contributed by atoms with Gasteiger partial charge in [0, 0.05) is 7.11 Å². The van der Waals surface area contributed by atoms with Gasteiger partial charge in [-0.1, -0.05) is 36.9 Å².